The van der Waals surface area contributed by atoms with Crippen molar-refractivity contribution in [3.8, 4) is 0 Å². The van der Waals surface area contributed by atoms with E-state index in [9.17, 15) is 35.9 Å². The number of carbonyl (C=O) groups is 2. The van der Waals surface area contributed by atoms with Crippen molar-refractivity contribution in [2.24, 2.45) is 5.92 Å². The molecule has 158 valence electrons. The molecule has 1 unspecified atom stereocenters. The molecule has 1 aliphatic rings. The Hall–Kier alpha value is -0.750. The number of hydrogen-bond donors (Lipinski definition) is 0. The zero-order valence-electron chi connectivity index (χ0n) is 15.0. The smallest absolute Gasteiger partial charge is 0.441 e. The minimum absolute atomic E-state index is 0.0293. The maximum absolute atomic E-state index is 13.9. The van der Waals surface area contributed by atoms with E-state index in [-0.39, 0.29) is 19.3 Å². The van der Waals surface area contributed by atoms with E-state index >= 15 is 0 Å². The second-order valence-electron chi connectivity index (χ2n) is 6.75. The Morgan fingerprint density at radius 3 is 1.78 bits per heavy atom. The lowest BCUT2D eigenvalue weighted by Gasteiger charge is -2.48. The van der Waals surface area contributed by atoms with Gasteiger partial charge in [-0.05, 0) is 32.1 Å². The van der Waals surface area contributed by atoms with Crippen LogP contribution in [0.1, 0.15) is 52.9 Å². The van der Waals surface area contributed by atoms with Gasteiger partial charge in [-0.2, -0.15) is 26.3 Å². The van der Waals surface area contributed by atoms with E-state index in [4.69, 9.17) is 4.74 Å². The highest BCUT2D eigenvalue weighted by atomic mass is 127. The number of halogens is 7. The first-order valence-electron chi connectivity index (χ1n) is 8.38. The van der Waals surface area contributed by atoms with Gasteiger partial charge in [-0.25, -0.2) is 0 Å². The summed E-state index contributed by atoms with van der Waals surface area (Å²) in [5.74, 6) is -4.11. The molecule has 1 saturated carbocycles. The van der Waals surface area contributed by atoms with Crippen molar-refractivity contribution < 1.29 is 45.4 Å². The van der Waals surface area contributed by atoms with E-state index in [1.807, 2.05) is 0 Å². The summed E-state index contributed by atoms with van der Waals surface area (Å²) in [7, 11) is 0. The molecule has 0 heterocycles. The summed E-state index contributed by atoms with van der Waals surface area (Å²) in [4.78, 5) is 24.0. The molecule has 1 atom stereocenters. The molecule has 0 radical (unpaired) electrons. The quantitative estimate of drug-likeness (QED) is 0.212. The van der Waals surface area contributed by atoms with Crippen molar-refractivity contribution in [2.45, 2.75) is 80.4 Å². The second kappa shape index (κ2) is 8.32. The number of ether oxygens (including phenoxy) is 2. The van der Waals surface area contributed by atoms with E-state index in [1.165, 1.54) is 0 Å². The molecular weight excluding hydrogens is 497 g/mol. The highest BCUT2D eigenvalue weighted by molar-refractivity contribution is 14.1. The van der Waals surface area contributed by atoms with Crippen LogP contribution in [-0.2, 0) is 19.1 Å². The average Bonchev–Trinajstić information content (AvgIpc) is 2.97. The fraction of sp³-hybridized carbons (Fsp3) is 0.875. The molecule has 11 heteroatoms. The third kappa shape index (κ3) is 4.47. The first kappa shape index (κ1) is 24.3. The molecule has 1 aliphatic carbocycles. The van der Waals surface area contributed by atoms with Crippen molar-refractivity contribution in [1.29, 1.82) is 0 Å². The van der Waals surface area contributed by atoms with Gasteiger partial charge in [0.2, 0.25) is 0 Å². The first-order chi connectivity index (χ1) is 12.1. The van der Waals surface area contributed by atoms with Crippen molar-refractivity contribution >= 4 is 34.5 Å². The van der Waals surface area contributed by atoms with Crippen LogP contribution in [0.25, 0.3) is 0 Å². The molecule has 0 aromatic carbocycles. The Labute approximate surface area is 166 Å². The summed E-state index contributed by atoms with van der Waals surface area (Å²) in [6.45, 7) is 3.77. The molecule has 0 N–H and O–H groups in total. The largest absolute Gasteiger partial charge is 0.453 e. The topological polar surface area (TPSA) is 52.6 Å². The van der Waals surface area contributed by atoms with Crippen molar-refractivity contribution in [3.63, 3.8) is 0 Å². The Morgan fingerprint density at radius 2 is 1.44 bits per heavy atom. The maximum atomic E-state index is 13.9. The fourth-order valence-electron chi connectivity index (χ4n) is 3.05. The predicted molar refractivity (Wildman–Crippen MR) is 91.2 cm³/mol. The summed E-state index contributed by atoms with van der Waals surface area (Å²) in [5.41, 5.74) is -7.98. The molecule has 1 fully saturated rings. The van der Waals surface area contributed by atoms with Gasteiger partial charge >= 0.3 is 29.9 Å². The predicted octanol–water partition coefficient (Wildman–Crippen LogP) is 5.12. The van der Waals surface area contributed by atoms with Crippen LogP contribution < -0.4 is 0 Å². The highest BCUT2D eigenvalue weighted by Gasteiger charge is 2.85. The van der Waals surface area contributed by atoms with Gasteiger partial charge in [0.05, 0.1) is 5.92 Å². The average molecular weight is 518 g/mol. The van der Waals surface area contributed by atoms with Crippen LogP contribution in [0.3, 0.4) is 0 Å². The van der Waals surface area contributed by atoms with Crippen LogP contribution in [0.4, 0.5) is 26.3 Å². The third-order valence-electron chi connectivity index (χ3n) is 4.49. The molecule has 27 heavy (non-hydrogen) atoms. The highest BCUT2D eigenvalue weighted by Crippen LogP contribution is 2.58. The summed E-state index contributed by atoms with van der Waals surface area (Å²) in [5, 5.41) is 0. The van der Waals surface area contributed by atoms with Crippen molar-refractivity contribution in [2.75, 3.05) is 0 Å². The lowest BCUT2D eigenvalue weighted by Crippen LogP contribution is -2.73. The van der Waals surface area contributed by atoms with Crippen LogP contribution in [0.15, 0.2) is 0 Å². The SMILES string of the molecule is CCC(I)C(=O)OC1(C(OC(=O)C(C)C)(C(F)(F)F)C(F)(F)F)CCCC1. The van der Waals surface area contributed by atoms with Gasteiger partial charge in [-0.3, -0.25) is 9.59 Å². The monoisotopic (exact) mass is 518 g/mol. The van der Waals surface area contributed by atoms with Gasteiger partial charge in [-0.1, -0.05) is 43.4 Å². The molecule has 0 saturated heterocycles. The standard InChI is InChI=1S/C16H21F6IO4/c1-4-10(23)12(25)26-13(7-5-6-8-13)14(15(17,18)19,16(20,21)22)27-11(24)9(2)3/h9-10H,4-8H2,1-3H3. The number of hydrogen-bond acceptors (Lipinski definition) is 4. The van der Waals surface area contributed by atoms with Crippen LogP contribution in [-0.4, -0.2) is 39.4 Å². The minimum atomic E-state index is -6.03. The molecule has 0 amide bonds. The van der Waals surface area contributed by atoms with Crippen LogP contribution in [0.2, 0.25) is 0 Å². The Kier molecular flexibility index (Phi) is 7.48. The lowest BCUT2D eigenvalue weighted by molar-refractivity contribution is -0.412. The molecule has 0 spiro atoms. The molecule has 0 aliphatic heterocycles. The summed E-state index contributed by atoms with van der Waals surface area (Å²) >= 11 is 1.59. The normalized spacial score (nSPS) is 19.1. The number of rotatable bonds is 6. The third-order valence-corrected chi connectivity index (χ3v) is 5.88. The molecule has 1 rings (SSSR count). The fourth-order valence-corrected chi connectivity index (χ4v) is 3.18. The van der Waals surface area contributed by atoms with Gasteiger partial charge in [0.25, 0.3) is 0 Å². The van der Waals surface area contributed by atoms with E-state index in [0.717, 1.165) is 13.8 Å². The zero-order chi connectivity index (χ0) is 21.3. The number of alkyl halides is 7. The second-order valence-corrected chi connectivity index (χ2v) is 8.25. The Bertz CT molecular complexity index is 538. The minimum Gasteiger partial charge on any atom is -0.453 e. The molecule has 0 bridgehead atoms. The Morgan fingerprint density at radius 1 is 1.00 bits per heavy atom. The van der Waals surface area contributed by atoms with Gasteiger partial charge in [0.15, 0.2) is 5.60 Å². The van der Waals surface area contributed by atoms with Crippen LogP contribution in [0, 0.1) is 5.92 Å². The Balaban J connectivity index is 3.65. The van der Waals surface area contributed by atoms with Crippen LogP contribution in [0.5, 0.6) is 0 Å². The van der Waals surface area contributed by atoms with E-state index in [2.05, 4.69) is 4.74 Å². The van der Waals surface area contributed by atoms with Crippen molar-refractivity contribution in [3.05, 3.63) is 0 Å². The zero-order valence-corrected chi connectivity index (χ0v) is 17.1. The van der Waals surface area contributed by atoms with E-state index < -0.39 is 58.2 Å². The molecule has 4 nitrogen and oxygen atoms in total. The van der Waals surface area contributed by atoms with Crippen LogP contribution >= 0.6 is 22.6 Å². The van der Waals surface area contributed by atoms with E-state index in [0.29, 0.717) is 0 Å². The van der Waals surface area contributed by atoms with Gasteiger partial charge in [-0.15, -0.1) is 0 Å². The lowest BCUT2D eigenvalue weighted by atomic mass is 9.78. The molecular formula is C16H21F6IO4. The van der Waals surface area contributed by atoms with E-state index in [1.54, 1.807) is 29.5 Å². The summed E-state index contributed by atoms with van der Waals surface area (Å²) < 4.78 is 91.7. The van der Waals surface area contributed by atoms with Gasteiger partial charge in [0.1, 0.15) is 3.92 Å². The number of carbonyl (C=O) groups excluding carboxylic acids is 2. The van der Waals surface area contributed by atoms with Gasteiger partial charge in [0, 0.05) is 0 Å². The van der Waals surface area contributed by atoms with Crippen molar-refractivity contribution in [1.82, 2.24) is 0 Å². The van der Waals surface area contributed by atoms with Gasteiger partial charge < -0.3 is 9.47 Å². The summed E-state index contributed by atoms with van der Waals surface area (Å²) in [6.07, 6.45) is -13.4. The summed E-state index contributed by atoms with van der Waals surface area (Å²) in [6, 6.07) is 0. The first-order valence-corrected chi connectivity index (χ1v) is 9.63. The number of esters is 2. The molecule has 0 aromatic heterocycles. The maximum Gasteiger partial charge on any atom is 0.441 e. The molecule has 0 aromatic rings.